The van der Waals surface area contributed by atoms with E-state index < -0.39 is 5.97 Å². The Labute approximate surface area is 120 Å². The van der Waals surface area contributed by atoms with Crippen LogP contribution >= 0.6 is 22.6 Å². The molecule has 0 spiro atoms. The van der Waals surface area contributed by atoms with Crippen molar-refractivity contribution >= 4 is 34.5 Å². The minimum Gasteiger partial charge on any atom is -0.468 e. The summed E-state index contributed by atoms with van der Waals surface area (Å²) in [6.07, 6.45) is 0. The van der Waals surface area contributed by atoms with E-state index in [4.69, 9.17) is 0 Å². The zero-order valence-electron chi connectivity index (χ0n) is 10.6. The fraction of sp³-hybridized carbons (Fsp3) is 0.385. The predicted molar refractivity (Wildman–Crippen MR) is 77.3 cm³/mol. The van der Waals surface area contributed by atoms with Crippen LogP contribution in [0.25, 0.3) is 0 Å². The first kappa shape index (κ1) is 14.9. The van der Waals surface area contributed by atoms with Crippen LogP contribution < -0.4 is 0 Å². The molecular formula is C13H16INO3. The van der Waals surface area contributed by atoms with E-state index in [2.05, 4.69) is 27.3 Å². The van der Waals surface area contributed by atoms with Crippen LogP contribution in [0.5, 0.6) is 0 Å². The summed E-state index contributed by atoms with van der Waals surface area (Å²) in [4.78, 5) is 25.1. The highest BCUT2D eigenvalue weighted by atomic mass is 127. The summed E-state index contributed by atoms with van der Waals surface area (Å²) in [5.41, 5.74) is 0.577. The van der Waals surface area contributed by atoms with Gasteiger partial charge in [0.15, 0.2) is 0 Å². The molecule has 0 aromatic heterocycles. The van der Waals surface area contributed by atoms with Crippen LogP contribution in [-0.4, -0.2) is 36.5 Å². The summed E-state index contributed by atoms with van der Waals surface area (Å²) in [7, 11) is 1.32. The third-order valence-corrected chi connectivity index (χ3v) is 3.22. The highest BCUT2D eigenvalue weighted by Gasteiger charge is 2.21. The van der Waals surface area contributed by atoms with E-state index in [1.54, 1.807) is 12.1 Å². The van der Waals surface area contributed by atoms with Gasteiger partial charge >= 0.3 is 5.97 Å². The van der Waals surface area contributed by atoms with Crippen molar-refractivity contribution < 1.29 is 14.3 Å². The van der Waals surface area contributed by atoms with Gasteiger partial charge in [0.2, 0.25) is 0 Å². The molecule has 4 nitrogen and oxygen atoms in total. The van der Waals surface area contributed by atoms with Crippen molar-refractivity contribution in [2.75, 3.05) is 13.7 Å². The Morgan fingerprint density at radius 2 is 1.83 bits per heavy atom. The molecule has 0 atom stereocenters. The van der Waals surface area contributed by atoms with Gasteiger partial charge in [-0.1, -0.05) is 0 Å². The second kappa shape index (κ2) is 6.72. The normalized spacial score (nSPS) is 10.3. The molecule has 0 aliphatic rings. The van der Waals surface area contributed by atoms with E-state index in [1.807, 2.05) is 26.0 Å². The summed E-state index contributed by atoms with van der Waals surface area (Å²) in [5.74, 6) is -0.575. The molecule has 1 rings (SSSR count). The molecule has 0 radical (unpaired) electrons. The minimum absolute atomic E-state index is 0.0288. The zero-order chi connectivity index (χ0) is 13.7. The molecule has 0 saturated carbocycles. The summed E-state index contributed by atoms with van der Waals surface area (Å²) in [6.45, 7) is 3.71. The summed E-state index contributed by atoms with van der Waals surface area (Å²) in [6, 6.07) is 7.19. The number of carbonyl (C=O) groups is 2. The first-order chi connectivity index (χ1) is 8.45. The van der Waals surface area contributed by atoms with Gasteiger partial charge in [0.25, 0.3) is 5.91 Å². The maximum atomic E-state index is 12.3. The molecule has 0 aliphatic carbocycles. The highest BCUT2D eigenvalue weighted by molar-refractivity contribution is 14.1. The van der Waals surface area contributed by atoms with E-state index >= 15 is 0 Å². The third-order valence-electron chi connectivity index (χ3n) is 2.50. The van der Waals surface area contributed by atoms with E-state index in [9.17, 15) is 9.59 Å². The lowest BCUT2D eigenvalue weighted by molar-refractivity contribution is -0.141. The van der Waals surface area contributed by atoms with E-state index in [0.717, 1.165) is 3.57 Å². The van der Waals surface area contributed by atoms with Crippen molar-refractivity contribution in [3.8, 4) is 0 Å². The van der Waals surface area contributed by atoms with Crippen LogP contribution in [0.3, 0.4) is 0 Å². The number of carbonyl (C=O) groups excluding carboxylic acids is 2. The fourth-order valence-corrected chi connectivity index (χ4v) is 1.81. The number of rotatable bonds is 4. The van der Waals surface area contributed by atoms with E-state index in [0.29, 0.717) is 5.56 Å². The lowest BCUT2D eigenvalue weighted by Gasteiger charge is -2.25. The molecule has 1 amide bonds. The van der Waals surface area contributed by atoms with Crippen LogP contribution in [0.2, 0.25) is 0 Å². The van der Waals surface area contributed by atoms with Gasteiger partial charge in [-0.05, 0) is 60.7 Å². The first-order valence-corrected chi connectivity index (χ1v) is 6.67. The van der Waals surface area contributed by atoms with Crippen LogP contribution in [0, 0.1) is 3.57 Å². The summed E-state index contributed by atoms with van der Waals surface area (Å²) >= 11 is 2.18. The van der Waals surface area contributed by atoms with Gasteiger partial charge in [0.05, 0.1) is 7.11 Å². The van der Waals surface area contributed by atoms with Crippen molar-refractivity contribution in [1.82, 2.24) is 4.90 Å². The average molecular weight is 361 g/mol. The standard InChI is InChI=1S/C13H16INO3/c1-9(2)15(8-12(16)18-3)13(17)10-4-6-11(14)7-5-10/h4-7,9H,8H2,1-3H3. The van der Waals surface area contributed by atoms with E-state index in [-0.39, 0.29) is 18.5 Å². The third kappa shape index (κ3) is 3.97. The molecule has 18 heavy (non-hydrogen) atoms. The summed E-state index contributed by atoms with van der Waals surface area (Å²) in [5, 5.41) is 0. The second-order valence-corrected chi connectivity index (χ2v) is 5.36. The number of ether oxygens (including phenoxy) is 1. The van der Waals surface area contributed by atoms with Gasteiger partial charge in [0, 0.05) is 15.2 Å². The van der Waals surface area contributed by atoms with Crippen LogP contribution in [0.4, 0.5) is 0 Å². The number of methoxy groups -OCH3 is 1. The maximum absolute atomic E-state index is 12.3. The Morgan fingerprint density at radius 3 is 2.28 bits per heavy atom. The Balaban J connectivity index is 2.89. The Bertz CT molecular complexity index is 428. The Kier molecular flexibility index (Phi) is 5.58. The topological polar surface area (TPSA) is 46.6 Å². The summed E-state index contributed by atoms with van der Waals surface area (Å²) < 4.78 is 5.67. The number of hydrogen-bond acceptors (Lipinski definition) is 3. The number of halogens is 1. The largest absolute Gasteiger partial charge is 0.468 e. The molecule has 0 saturated heterocycles. The minimum atomic E-state index is -0.414. The molecule has 1 aromatic carbocycles. The Hall–Kier alpha value is -1.11. The van der Waals surface area contributed by atoms with Crippen molar-refractivity contribution in [2.24, 2.45) is 0 Å². The number of amides is 1. The molecule has 0 fully saturated rings. The van der Waals surface area contributed by atoms with Crippen molar-refractivity contribution in [1.29, 1.82) is 0 Å². The molecule has 5 heteroatoms. The van der Waals surface area contributed by atoms with Gasteiger partial charge < -0.3 is 9.64 Å². The van der Waals surface area contributed by atoms with Crippen LogP contribution in [-0.2, 0) is 9.53 Å². The number of hydrogen-bond donors (Lipinski definition) is 0. The smallest absolute Gasteiger partial charge is 0.325 e. The molecule has 0 N–H and O–H groups in total. The quantitative estimate of drug-likeness (QED) is 0.611. The maximum Gasteiger partial charge on any atom is 0.325 e. The average Bonchev–Trinajstić information content (AvgIpc) is 2.35. The van der Waals surface area contributed by atoms with Gasteiger partial charge in [0.1, 0.15) is 6.54 Å². The van der Waals surface area contributed by atoms with Crippen LogP contribution in [0.15, 0.2) is 24.3 Å². The fourth-order valence-electron chi connectivity index (χ4n) is 1.45. The van der Waals surface area contributed by atoms with E-state index in [1.165, 1.54) is 12.0 Å². The monoisotopic (exact) mass is 361 g/mol. The van der Waals surface area contributed by atoms with Crippen molar-refractivity contribution in [3.63, 3.8) is 0 Å². The van der Waals surface area contributed by atoms with Gasteiger partial charge in [-0.2, -0.15) is 0 Å². The number of nitrogens with zero attached hydrogens (tertiary/aromatic N) is 1. The van der Waals surface area contributed by atoms with Crippen molar-refractivity contribution in [2.45, 2.75) is 19.9 Å². The first-order valence-electron chi connectivity index (χ1n) is 5.59. The van der Waals surface area contributed by atoms with Gasteiger partial charge in [-0.15, -0.1) is 0 Å². The van der Waals surface area contributed by atoms with Gasteiger partial charge in [-0.25, -0.2) is 0 Å². The molecule has 0 unspecified atom stereocenters. The molecular weight excluding hydrogens is 345 g/mol. The van der Waals surface area contributed by atoms with Crippen molar-refractivity contribution in [3.05, 3.63) is 33.4 Å². The predicted octanol–water partition coefficient (Wildman–Crippen LogP) is 2.31. The molecule has 98 valence electrons. The SMILES string of the molecule is COC(=O)CN(C(=O)c1ccc(I)cc1)C(C)C. The molecule has 0 bridgehead atoms. The van der Waals surface area contributed by atoms with Gasteiger partial charge in [-0.3, -0.25) is 9.59 Å². The number of esters is 1. The second-order valence-electron chi connectivity index (χ2n) is 4.11. The lowest BCUT2D eigenvalue weighted by atomic mass is 10.1. The Morgan fingerprint density at radius 1 is 1.28 bits per heavy atom. The molecule has 1 aromatic rings. The van der Waals surface area contributed by atoms with Crippen LogP contribution in [0.1, 0.15) is 24.2 Å². The highest BCUT2D eigenvalue weighted by Crippen LogP contribution is 2.11. The number of benzene rings is 1. The molecule has 0 aliphatic heterocycles. The molecule has 0 heterocycles. The lowest BCUT2D eigenvalue weighted by Crippen LogP contribution is -2.41. The zero-order valence-corrected chi connectivity index (χ0v) is 12.8.